The summed E-state index contributed by atoms with van der Waals surface area (Å²) >= 11 is 0. The number of nitrogens with two attached hydrogens (primary N) is 1. The van der Waals surface area contributed by atoms with Crippen LogP contribution in [0.15, 0.2) is 0 Å². The van der Waals surface area contributed by atoms with E-state index >= 15 is 0 Å². The average molecular weight is 210 g/mol. The zero-order valence-corrected chi connectivity index (χ0v) is 8.95. The molecule has 2 aliphatic rings. The molecule has 0 bridgehead atoms. The van der Waals surface area contributed by atoms with Crippen molar-refractivity contribution in [3.05, 3.63) is 0 Å². The Balaban J connectivity index is 1.82. The van der Waals surface area contributed by atoms with Gasteiger partial charge in [-0.2, -0.15) is 0 Å². The summed E-state index contributed by atoms with van der Waals surface area (Å²) < 4.78 is 0. The second-order valence-electron chi connectivity index (χ2n) is 4.58. The van der Waals surface area contributed by atoms with Crippen molar-refractivity contribution in [2.45, 2.75) is 44.6 Å². The van der Waals surface area contributed by atoms with E-state index in [-0.39, 0.29) is 17.9 Å². The molecule has 1 aliphatic heterocycles. The van der Waals surface area contributed by atoms with Gasteiger partial charge in [0.2, 0.25) is 11.8 Å². The average Bonchev–Trinajstić information content (AvgIpc) is 2.73. The molecule has 1 saturated carbocycles. The molecule has 0 spiro atoms. The minimum atomic E-state index is -0.00781. The van der Waals surface area contributed by atoms with Gasteiger partial charge in [0, 0.05) is 25.4 Å². The number of imide groups is 1. The fraction of sp³-hybridized carbons (Fsp3) is 0.818. The summed E-state index contributed by atoms with van der Waals surface area (Å²) in [5.41, 5.74) is 5.94. The monoisotopic (exact) mass is 210 g/mol. The number of rotatable bonds is 3. The van der Waals surface area contributed by atoms with Gasteiger partial charge in [-0.15, -0.1) is 0 Å². The molecule has 1 heterocycles. The Hall–Kier alpha value is -0.900. The predicted molar refractivity (Wildman–Crippen MR) is 55.9 cm³/mol. The van der Waals surface area contributed by atoms with Crippen LogP contribution in [0, 0.1) is 5.92 Å². The van der Waals surface area contributed by atoms with Crippen LogP contribution < -0.4 is 5.73 Å². The molecule has 2 N–H and O–H groups in total. The molecular formula is C11H18N2O2. The van der Waals surface area contributed by atoms with E-state index in [0.717, 1.165) is 19.3 Å². The van der Waals surface area contributed by atoms with E-state index in [1.165, 1.54) is 11.3 Å². The lowest BCUT2D eigenvalue weighted by molar-refractivity contribution is -0.138. The van der Waals surface area contributed by atoms with Crippen molar-refractivity contribution >= 4 is 11.8 Å². The summed E-state index contributed by atoms with van der Waals surface area (Å²) in [6.07, 6.45) is 5.11. The van der Waals surface area contributed by atoms with Gasteiger partial charge in [0.05, 0.1) is 0 Å². The molecule has 4 nitrogen and oxygen atoms in total. The fourth-order valence-electron chi connectivity index (χ4n) is 2.59. The maximum atomic E-state index is 11.3. The minimum absolute atomic E-state index is 0.00781. The van der Waals surface area contributed by atoms with Gasteiger partial charge in [0.15, 0.2) is 0 Å². The molecule has 2 atom stereocenters. The van der Waals surface area contributed by atoms with E-state index in [2.05, 4.69) is 0 Å². The van der Waals surface area contributed by atoms with Gasteiger partial charge in [-0.05, 0) is 25.2 Å². The Bertz CT molecular complexity index is 262. The molecule has 0 radical (unpaired) electrons. The molecule has 2 fully saturated rings. The number of carbonyl (C=O) groups excluding carboxylic acids is 2. The van der Waals surface area contributed by atoms with Crippen LogP contribution in [0.2, 0.25) is 0 Å². The van der Waals surface area contributed by atoms with Gasteiger partial charge >= 0.3 is 0 Å². The third-order valence-electron chi connectivity index (χ3n) is 3.60. The zero-order valence-electron chi connectivity index (χ0n) is 8.95. The van der Waals surface area contributed by atoms with Gasteiger partial charge in [0.1, 0.15) is 0 Å². The first kappa shape index (κ1) is 10.6. The summed E-state index contributed by atoms with van der Waals surface area (Å²) in [7, 11) is 0. The number of hydrogen-bond acceptors (Lipinski definition) is 3. The Kier molecular flexibility index (Phi) is 3.05. The van der Waals surface area contributed by atoms with E-state index in [1.54, 1.807) is 0 Å². The smallest absolute Gasteiger partial charge is 0.229 e. The Morgan fingerprint density at radius 1 is 1.20 bits per heavy atom. The van der Waals surface area contributed by atoms with Gasteiger partial charge < -0.3 is 5.73 Å². The van der Waals surface area contributed by atoms with E-state index in [4.69, 9.17) is 5.73 Å². The molecule has 2 amide bonds. The molecule has 0 aromatic heterocycles. The number of nitrogens with zero attached hydrogens (tertiary/aromatic N) is 1. The van der Waals surface area contributed by atoms with Crippen LogP contribution in [0.1, 0.15) is 38.5 Å². The van der Waals surface area contributed by atoms with Crippen molar-refractivity contribution in [1.29, 1.82) is 0 Å². The van der Waals surface area contributed by atoms with E-state index in [9.17, 15) is 9.59 Å². The largest absolute Gasteiger partial charge is 0.327 e. The molecule has 4 heteroatoms. The Morgan fingerprint density at radius 2 is 1.87 bits per heavy atom. The fourth-order valence-corrected chi connectivity index (χ4v) is 2.59. The third kappa shape index (κ3) is 2.20. The van der Waals surface area contributed by atoms with Crippen LogP contribution in [0.5, 0.6) is 0 Å². The van der Waals surface area contributed by atoms with Gasteiger partial charge in [-0.1, -0.05) is 6.42 Å². The Labute approximate surface area is 89.8 Å². The summed E-state index contributed by atoms with van der Waals surface area (Å²) in [6.45, 7) is 0.579. The topological polar surface area (TPSA) is 63.4 Å². The normalized spacial score (nSPS) is 31.7. The third-order valence-corrected chi connectivity index (χ3v) is 3.60. The maximum absolute atomic E-state index is 11.3. The highest BCUT2D eigenvalue weighted by Crippen LogP contribution is 2.27. The standard InChI is InChI=1S/C11H18N2O2/c12-9-3-1-2-8(9)6-7-13-10(14)4-5-11(13)15/h8-9H,1-7,12H2. The summed E-state index contributed by atoms with van der Waals surface area (Å²) in [5.74, 6) is 0.490. The highest BCUT2D eigenvalue weighted by Gasteiger charge is 2.30. The highest BCUT2D eigenvalue weighted by molar-refractivity contribution is 6.01. The maximum Gasteiger partial charge on any atom is 0.229 e. The van der Waals surface area contributed by atoms with Gasteiger partial charge in [0.25, 0.3) is 0 Å². The second kappa shape index (κ2) is 4.31. The number of amides is 2. The minimum Gasteiger partial charge on any atom is -0.327 e. The molecule has 1 aliphatic carbocycles. The molecule has 15 heavy (non-hydrogen) atoms. The molecule has 0 aromatic rings. The van der Waals surface area contributed by atoms with Crippen LogP contribution in [-0.4, -0.2) is 29.3 Å². The number of likely N-dealkylation sites (tertiary alicyclic amines) is 1. The lowest BCUT2D eigenvalue weighted by Crippen LogP contribution is -2.33. The first-order valence-corrected chi connectivity index (χ1v) is 5.77. The van der Waals surface area contributed by atoms with Crippen molar-refractivity contribution in [3.63, 3.8) is 0 Å². The first-order valence-electron chi connectivity index (χ1n) is 5.77. The lowest BCUT2D eigenvalue weighted by atomic mass is 10.0. The zero-order chi connectivity index (χ0) is 10.8. The highest BCUT2D eigenvalue weighted by atomic mass is 16.2. The summed E-state index contributed by atoms with van der Waals surface area (Å²) in [4.78, 5) is 24.1. The molecule has 0 aromatic carbocycles. The summed E-state index contributed by atoms with van der Waals surface area (Å²) in [5, 5.41) is 0. The first-order chi connectivity index (χ1) is 7.18. The van der Waals surface area contributed by atoms with Crippen LogP contribution >= 0.6 is 0 Å². The van der Waals surface area contributed by atoms with Crippen molar-refractivity contribution < 1.29 is 9.59 Å². The summed E-state index contributed by atoms with van der Waals surface area (Å²) in [6, 6.07) is 0.276. The van der Waals surface area contributed by atoms with E-state index in [1.807, 2.05) is 0 Å². The second-order valence-corrected chi connectivity index (χ2v) is 4.58. The van der Waals surface area contributed by atoms with Crippen LogP contribution in [-0.2, 0) is 9.59 Å². The quantitative estimate of drug-likeness (QED) is 0.696. The van der Waals surface area contributed by atoms with Crippen LogP contribution in [0.25, 0.3) is 0 Å². The van der Waals surface area contributed by atoms with Gasteiger partial charge in [-0.25, -0.2) is 0 Å². The predicted octanol–water partition coefficient (Wildman–Crippen LogP) is 0.653. The van der Waals surface area contributed by atoms with Gasteiger partial charge in [-0.3, -0.25) is 14.5 Å². The Morgan fingerprint density at radius 3 is 2.40 bits per heavy atom. The molecule has 2 unspecified atom stereocenters. The van der Waals surface area contributed by atoms with Crippen molar-refractivity contribution in [2.75, 3.05) is 6.54 Å². The number of hydrogen-bond donors (Lipinski definition) is 1. The van der Waals surface area contributed by atoms with E-state index in [0.29, 0.717) is 25.3 Å². The van der Waals surface area contributed by atoms with Crippen molar-refractivity contribution in [1.82, 2.24) is 4.90 Å². The molecule has 2 rings (SSSR count). The van der Waals surface area contributed by atoms with Crippen LogP contribution in [0.3, 0.4) is 0 Å². The van der Waals surface area contributed by atoms with E-state index < -0.39 is 0 Å². The van der Waals surface area contributed by atoms with Crippen molar-refractivity contribution in [2.24, 2.45) is 11.7 Å². The molecular weight excluding hydrogens is 192 g/mol. The molecule has 1 saturated heterocycles. The number of carbonyl (C=O) groups is 2. The molecule has 84 valence electrons. The lowest BCUT2D eigenvalue weighted by Gasteiger charge is -2.19. The van der Waals surface area contributed by atoms with Crippen LogP contribution in [0.4, 0.5) is 0 Å². The van der Waals surface area contributed by atoms with Crippen molar-refractivity contribution in [3.8, 4) is 0 Å². The SMILES string of the molecule is NC1CCCC1CCN1C(=O)CCC1=O.